The first-order valence-corrected chi connectivity index (χ1v) is 8.09. The van der Waals surface area contributed by atoms with Crippen molar-refractivity contribution in [3.63, 3.8) is 0 Å². The van der Waals surface area contributed by atoms with Gasteiger partial charge >= 0.3 is 0 Å². The van der Waals surface area contributed by atoms with E-state index in [9.17, 15) is 4.79 Å². The Balaban J connectivity index is 2.09. The van der Waals surface area contributed by atoms with Crippen molar-refractivity contribution in [1.82, 2.24) is 10.8 Å². The number of rotatable bonds is 7. The number of carbonyl (C=O) groups is 1. The third-order valence-corrected chi connectivity index (χ3v) is 4.47. The second-order valence-electron chi connectivity index (χ2n) is 6.34. The molecule has 1 saturated carbocycles. The highest BCUT2D eigenvalue weighted by Crippen LogP contribution is 2.37. The molecule has 1 aliphatic rings. The van der Waals surface area contributed by atoms with Crippen LogP contribution in [0.15, 0.2) is 30.5 Å². The normalized spacial score (nSPS) is 15.7. The lowest BCUT2D eigenvalue weighted by molar-refractivity contribution is 0.0925. The number of hydroxylamine groups is 1. The summed E-state index contributed by atoms with van der Waals surface area (Å²) < 4.78 is 0. The Morgan fingerprint density at radius 1 is 1.50 bits per heavy atom. The summed E-state index contributed by atoms with van der Waals surface area (Å²) in [5, 5.41) is 12.0. The molecule has 1 aromatic carbocycles. The fraction of sp³-hybridized carbons (Fsp3) is 0.421. The second kappa shape index (κ2) is 7.52. The van der Waals surface area contributed by atoms with Crippen LogP contribution in [-0.2, 0) is 6.42 Å². The molecule has 128 valence electrons. The average Bonchev–Trinajstić information content (AvgIpc) is 3.31. The van der Waals surface area contributed by atoms with Gasteiger partial charge in [0.2, 0.25) is 0 Å². The molecule has 24 heavy (non-hydrogen) atoms. The maximum Gasteiger partial charge on any atom is 0.251 e. The third-order valence-electron chi connectivity index (χ3n) is 4.47. The number of carbonyl (C=O) groups excluding carboxylic acids is 1. The van der Waals surface area contributed by atoms with E-state index in [0.29, 0.717) is 11.3 Å². The molecule has 1 amide bonds. The van der Waals surface area contributed by atoms with Crippen molar-refractivity contribution in [1.29, 1.82) is 0 Å². The SMILES string of the molecule is C=C(NO)C(NC(=O)c1ccc(CCC#CC)c(C)c1)C1(N)CC1. The quantitative estimate of drug-likeness (QED) is 0.456. The van der Waals surface area contributed by atoms with Crippen LogP contribution in [0, 0.1) is 18.8 Å². The van der Waals surface area contributed by atoms with E-state index >= 15 is 0 Å². The zero-order valence-electron chi connectivity index (χ0n) is 14.3. The van der Waals surface area contributed by atoms with Gasteiger partial charge in [-0.3, -0.25) is 15.5 Å². The van der Waals surface area contributed by atoms with E-state index in [4.69, 9.17) is 10.9 Å². The first-order chi connectivity index (χ1) is 11.4. The molecular weight excluding hydrogens is 302 g/mol. The molecule has 1 aliphatic carbocycles. The van der Waals surface area contributed by atoms with Gasteiger partial charge in [-0.15, -0.1) is 11.8 Å². The van der Waals surface area contributed by atoms with Crippen molar-refractivity contribution in [3.8, 4) is 11.8 Å². The molecule has 0 heterocycles. The van der Waals surface area contributed by atoms with E-state index in [0.717, 1.165) is 31.2 Å². The van der Waals surface area contributed by atoms with Crippen molar-refractivity contribution >= 4 is 5.91 Å². The largest absolute Gasteiger partial charge is 0.342 e. The van der Waals surface area contributed by atoms with Gasteiger partial charge in [0.25, 0.3) is 5.91 Å². The van der Waals surface area contributed by atoms with Crippen molar-refractivity contribution in [2.75, 3.05) is 0 Å². The Labute approximate surface area is 143 Å². The van der Waals surface area contributed by atoms with Crippen LogP contribution < -0.4 is 16.5 Å². The monoisotopic (exact) mass is 327 g/mol. The molecule has 5 nitrogen and oxygen atoms in total. The number of aryl methyl sites for hydroxylation is 2. The minimum Gasteiger partial charge on any atom is -0.342 e. The highest BCUT2D eigenvalue weighted by atomic mass is 16.5. The standard InChI is InChI=1S/C19H25N3O2/c1-4-5-6-7-15-8-9-16(12-13(15)2)18(23)21-17(14(3)22-24)19(20)10-11-19/h8-9,12,17,22,24H,3,6-7,10-11,20H2,1-2H3,(H,21,23). The summed E-state index contributed by atoms with van der Waals surface area (Å²) in [5.74, 6) is 5.70. The molecule has 0 spiro atoms. The number of nitrogens with two attached hydrogens (primary N) is 1. The number of benzene rings is 1. The highest BCUT2D eigenvalue weighted by molar-refractivity contribution is 5.95. The summed E-state index contributed by atoms with van der Waals surface area (Å²) in [7, 11) is 0. The molecule has 1 aromatic rings. The van der Waals surface area contributed by atoms with Crippen molar-refractivity contribution in [2.24, 2.45) is 5.73 Å². The zero-order chi connectivity index (χ0) is 17.7. The van der Waals surface area contributed by atoms with Gasteiger partial charge in [-0.2, -0.15) is 0 Å². The van der Waals surface area contributed by atoms with Gasteiger partial charge < -0.3 is 11.1 Å². The second-order valence-corrected chi connectivity index (χ2v) is 6.34. The maximum atomic E-state index is 12.5. The van der Waals surface area contributed by atoms with Crippen LogP contribution in [0.5, 0.6) is 0 Å². The Kier molecular flexibility index (Phi) is 5.66. The van der Waals surface area contributed by atoms with Crippen LogP contribution in [0.4, 0.5) is 0 Å². The molecule has 0 aromatic heterocycles. The van der Waals surface area contributed by atoms with Crippen LogP contribution >= 0.6 is 0 Å². The van der Waals surface area contributed by atoms with E-state index in [1.165, 1.54) is 5.56 Å². The number of hydrogen-bond acceptors (Lipinski definition) is 4. The van der Waals surface area contributed by atoms with Crippen molar-refractivity contribution < 1.29 is 10.0 Å². The first-order valence-electron chi connectivity index (χ1n) is 8.09. The lowest BCUT2D eigenvalue weighted by Gasteiger charge is -2.26. The molecule has 1 atom stereocenters. The van der Waals surface area contributed by atoms with E-state index in [1.54, 1.807) is 6.07 Å². The van der Waals surface area contributed by atoms with Gasteiger partial charge in [0, 0.05) is 17.5 Å². The van der Waals surface area contributed by atoms with E-state index in [2.05, 4.69) is 23.7 Å². The smallest absolute Gasteiger partial charge is 0.251 e. The highest BCUT2D eigenvalue weighted by Gasteiger charge is 2.48. The molecular formula is C19H25N3O2. The summed E-state index contributed by atoms with van der Waals surface area (Å²) in [4.78, 5) is 12.5. The summed E-state index contributed by atoms with van der Waals surface area (Å²) >= 11 is 0. The molecule has 1 unspecified atom stereocenters. The van der Waals surface area contributed by atoms with Crippen LogP contribution in [0.25, 0.3) is 0 Å². The Bertz CT molecular complexity index is 696. The van der Waals surface area contributed by atoms with Gasteiger partial charge in [0.15, 0.2) is 0 Å². The lowest BCUT2D eigenvalue weighted by atomic mass is 9.99. The third kappa shape index (κ3) is 4.16. The number of amides is 1. The summed E-state index contributed by atoms with van der Waals surface area (Å²) in [6, 6.07) is 5.13. The van der Waals surface area contributed by atoms with Gasteiger partial charge in [0.1, 0.15) is 0 Å². The molecule has 0 bridgehead atoms. The number of hydrogen-bond donors (Lipinski definition) is 4. The summed E-state index contributed by atoms with van der Waals surface area (Å²) in [5.41, 5.74) is 10.8. The summed E-state index contributed by atoms with van der Waals surface area (Å²) in [6.45, 7) is 7.55. The summed E-state index contributed by atoms with van der Waals surface area (Å²) in [6.07, 6.45) is 3.25. The Morgan fingerprint density at radius 3 is 2.75 bits per heavy atom. The van der Waals surface area contributed by atoms with E-state index < -0.39 is 11.6 Å². The molecule has 5 heteroatoms. The van der Waals surface area contributed by atoms with Crippen LogP contribution in [0.3, 0.4) is 0 Å². The maximum absolute atomic E-state index is 12.5. The zero-order valence-corrected chi connectivity index (χ0v) is 14.3. The lowest BCUT2D eigenvalue weighted by Crippen LogP contribution is -2.52. The number of nitrogens with one attached hydrogen (secondary N) is 2. The minimum absolute atomic E-state index is 0.226. The van der Waals surface area contributed by atoms with Gasteiger partial charge in [-0.25, -0.2) is 0 Å². The molecule has 0 saturated heterocycles. The van der Waals surface area contributed by atoms with E-state index in [-0.39, 0.29) is 5.91 Å². The average molecular weight is 327 g/mol. The van der Waals surface area contributed by atoms with Crippen LogP contribution in [-0.4, -0.2) is 22.7 Å². The minimum atomic E-state index is -0.531. The Hall–Kier alpha value is -2.29. The fourth-order valence-corrected chi connectivity index (χ4v) is 2.73. The fourth-order valence-electron chi connectivity index (χ4n) is 2.73. The van der Waals surface area contributed by atoms with E-state index in [1.807, 2.05) is 31.5 Å². The topological polar surface area (TPSA) is 87.4 Å². The molecule has 1 fully saturated rings. The molecule has 2 rings (SSSR count). The Morgan fingerprint density at radius 2 is 2.21 bits per heavy atom. The predicted octanol–water partition coefficient (Wildman–Crippen LogP) is 2.03. The first kappa shape index (κ1) is 18.1. The van der Waals surface area contributed by atoms with Gasteiger partial charge in [-0.05, 0) is 56.4 Å². The molecule has 0 aliphatic heterocycles. The van der Waals surface area contributed by atoms with Gasteiger partial charge in [0.05, 0.1) is 11.7 Å². The predicted molar refractivity (Wildman–Crippen MR) is 94.4 cm³/mol. The van der Waals surface area contributed by atoms with Crippen molar-refractivity contribution in [3.05, 3.63) is 47.2 Å². The van der Waals surface area contributed by atoms with Crippen molar-refractivity contribution in [2.45, 2.75) is 51.1 Å². The van der Waals surface area contributed by atoms with Crippen LogP contribution in [0.1, 0.15) is 47.7 Å². The van der Waals surface area contributed by atoms with Gasteiger partial charge in [-0.1, -0.05) is 12.6 Å². The molecule has 5 N–H and O–H groups in total. The molecule has 0 radical (unpaired) electrons. The van der Waals surface area contributed by atoms with Crippen LogP contribution in [0.2, 0.25) is 0 Å².